The number of ketones is 1. The third-order valence-electron chi connectivity index (χ3n) is 3.56. The van der Waals surface area contributed by atoms with Crippen molar-refractivity contribution in [1.82, 2.24) is 19.6 Å². The topological polar surface area (TPSA) is 52.7 Å². The fraction of sp³-hybridized carbons (Fsp3) is 0.500. The molecule has 0 aliphatic rings. The molecule has 0 aliphatic carbocycles. The van der Waals surface area contributed by atoms with Gasteiger partial charge in [-0.25, -0.2) is 0 Å². The van der Waals surface area contributed by atoms with E-state index < -0.39 is 0 Å². The second kappa shape index (κ2) is 5.38. The molecule has 0 N–H and O–H groups in total. The third-order valence-corrected chi connectivity index (χ3v) is 3.56. The summed E-state index contributed by atoms with van der Waals surface area (Å²) >= 11 is 0. The van der Waals surface area contributed by atoms with E-state index in [0.29, 0.717) is 12.1 Å². The Labute approximate surface area is 113 Å². The molecule has 0 amide bonds. The summed E-state index contributed by atoms with van der Waals surface area (Å²) in [5, 5.41) is 8.50. The van der Waals surface area contributed by atoms with Crippen molar-refractivity contribution in [2.45, 2.75) is 40.2 Å². The van der Waals surface area contributed by atoms with Crippen LogP contribution in [-0.2, 0) is 20.0 Å². The monoisotopic (exact) mass is 260 g/mol. The van der Waals surface area contributed by atoms with Gasteiger partial charge in [-0.2, -0.15) is 10.2 Å². The Bertz CT molecular complexity index is 595. The molecular weight excluding hydrogens is 240 g/mol. The molecule has 0 unspecified atom stereocenters. The minimum atomic E-state index is 0.141. The van der Waals surface area contributed by atoms with Crippen molar-refractivity contribution in [3.63, 3.8) is 0 Å². The Hall–Kier alpha value is -1.91. The molecule has 0 atom stereocenters. The lowest BCUT2D eigenvalue weighted by atomic mass is 10.0. The third kappa shape index (κ3) is 2.59. The van der Waals surface area contributed by atoms with Crippen molar-refractivity contribution in [2.75, 3.05) is 0 Å². The first kappa shape index (κ1) is 13.5. The van der Waals surface area contributed by atoms with E-state index in [9.17, 15) is 4.79 Å². The molecule has 2 aromatic rings. The van der Waals surface area contributed by atoms with Crippen molar-refractivity contribution < 1.29 is 4.79 Å². The van der Waals surface area contributed by atoms with Crippen LogP contribution in [0.1, 0.15) is 40.8 Å². The highest BCUT2D eigenvalue weighted by Gasteiger charge is 2.14. The first-order valence-electron chi connectivity index (χ1n) is 6.58. The predicted octanol–water partition coefficient (Wildman–Crippen LogP) is 2.07. The van der Waals surface area contributed by atoms with E-state index in [1.165, 1.54) is 5.56 Å². The Morgan fingerprint density at radius 1 is 1.37 bits per heavy atom. The maximum atomic E-state index is 12.2. The van der Waals surface area contributed by atoms with E-state index in [0.717, 1.165) is 24.4 Å². The Kier molecular flexibility index (Phi) is 3.83. The number of carbonyl (C=O) groups is 1. The van der Waals surface area contributed by atoms with Gasteiger partial charge in [-0.05, 0) is 38.8 Å². The molecule has 2 aromatic heterocycles. The highest BCUT2D eigenvalue weighted by molar-refractivity contribution is 5.94. The summed E-state index contributed by atoms with van der Waals surface area (Å²) in [5.74, 6) is 0.141. The quantitative estimate of drug-likeness (QED) is 0.773. The zero-order valence-electron chi connectivity index (χ0n) is 12.0. The average molecular weight is 260 g/mol. The zero-order chi connectivity index (χ0) is 14.0. The molecule has 0 saturated carbocycles. The second-order valence-corrected chi connectivity index (χ2v) is 4.73. The fourth-order valence-electron chi connectivity index (χ4n) is 2.37. The highest BCUT2D eigenvalue weighted by atomic mass is 16.1. The Morgan fingerprint density at radius 2 is 2.11 bits per heavy atom. The summed E-state index contributed by atoms with van der Waals surface area (Å²) in [6.07, 6.45) is 2.91. The zero-order valence-corrected chi connectivity index (χ0v) is 12.0. The average Bonchev–Trinajstić information content (AvgIpc) is 2.94. The van der Waals surface area contributed by atoms with Crippen LogP contribution in [0.25, 0.3) is 0 Å². The molecule has 19 heavy (non-hydrogen) atoms. The molecule has 0 saturated heterocycles. The molecule has 2 rings (SSSR count). The van der Waals surface area contributed by atoms with Gasteiger partial charge in [0.05, 0.1) is 5.69 Å². The first-order valence-corrected chi connectivity index (χ1v) is 6.58. The smallest absolute Gasteiger partial charge is 0.181 e. The highest BCUT2D eigenvalue weighted by Crippen LogP contribution is 2.15. The maximum absolute atomic E-state index is 12.2. The largest absolute Gasteiger partial charge is 0.292 e. The number of aryl methyl sites for hydroxylation is 3. The first-order chi connectivity index (χ1) is 9.04. The lowest BCUT2D eigenvalue weighted by Crippen LogP contribution is -2.10. The molecule has 0 spiro atoms. The number of aromatic nitrogens is 4. The number of carbonyl (C=O) groups excluding carboxylic acids is 1. The van der Waals surface area contributed by atoms with Crippen molar-refractivity contribution in [2.24, 2.45) is 7.05 Å². The number of hydrogen-bond acceptors (Lipinski definition) is 3. The van der Waals surface area contributed by atoms with E-state index in [1.54, 1.807) is 16.9 Å². The SMILES string of the molecule is CCn1nccc1C(=O)CCc1c(C)nn(C)c1C. The lowest BCUT2D eigenvalue weighted by molar-refractivity contribution is 0.0972. The minimum Gasteiger partial charge on any atom is -0.292 e. The Balaban J connectivity index is 2.09. The predicted molar refractivity (Wildman–Crippen MR) is 73.2 cm³/mol. The second-order valence-electron chi connectivity index (χ2n) is 4.73. The number of rotatable bonds is 5. The van der Waals surface area contributed by atoms with E-state index in [4.69, 9.17) is 0 Å². The molecule has 0 radical (unpaired) electrons. The van der Waals surface area contributed by atoms with Gasteiger partial charge in [-0.1, -0.05) is 0 Å². The molecule has 5 heteroatoms. The maximum Gasteiger partial charge on any atom is 0.181 e. The van der Waals surface area contributed by atoms with Gasteiger partial charge in [0.2, 0.25) is 0 Å². The normalized spacial score (nSPS) is 10.9. The van der Waals surface area contributed by atoms with Gasteiger partial charge >= 0.3 is 0 Å². The van der Waals surface area contributed by atoms with Crippen LogP contribution in [0, 0.1) is 13.8 Å². The molecule has 0 bridgehead atoms. The molecular formula is C14H20N4O. The standard InChI is InChI=1S/C14H20N4O/c1-5-18-13(8-9-15-18)14(19)7-6-12-10(2)16-17(4)11(12)3/h8-9H,5-7H2,1-4H3. The van der Waals surface area contributed by atoms with Crippen LogP contribution in [0.3, 0.4) is 0 Å². The molecule has 102 valence electrons. The van der Waals surface area contributed by atoms with Crippen LogP contribution in [0.5, 0.6) is 0 Å². The number of nitrogens with zero attached hydrogens (tertiary/aromatic N) is 4. The summed E-state index contributed by atoms with van der Waals surface area (Å²) < 4.78 is 3.61. The Morgan fingerprint density at radius 3 is 2.68 bits per heavy atom. The van der Waals surface area contributed by atoms with Crippen molar-refractivity contribution in [3.8, 4) is 0 Å². The van der Waals surface area contributed by atoms with E-state index in [2.05, 4.69) is 10.2 Å². The van der Waals surface area contributed by atoms with E-state index in [1.807, 2.05) is 32.5 Å². The summed E-state index contributed by atoms with van der Waals surface area (Å²) in [7, 11) is 1.93. The van der Waals surface area contributed by atoms with Crippen LogP contribution in [-0.4, -0.2) is 25.3 Å². The summed E-state index contributed by atoms with van der Waals surface area (Å²) in [5.41, 5.74) is 4.02. The number of hydrogen-bond donors (Lipinski definition) is 0. The van der Waals surface area contributed by atoms with Crippen LogP contribution in [0.15, 0.2) is 12.3 Å². The van der Waals surface area contributed by atoms with Gasteiger partial charge in [0.15, 0.2) is 5.78 Å². The molecule has 0 aromatic carbocycles. The van der Waals surface area contributed by atoms with E-state index >= 15 is 0 Å². The van der Waals surface area contributed by atoms with E-state index in [-0.39, 0.29) is 5.78 Å². The van der Waals surface area contributed by atoms with Crippen LogP contribution in [0.2, 0.25) is 0 Å². The van der Waals surface area contributed by atoms with Crippen molar-refractivity contribution >= 4 is 5.78 Å². The lowest BCUT2D eigenvalue weighted by Gasteiger charge is -2.04. The summed E-state index contributed by atoms with van der Waals surface area (Å²) in [6.45, 7) is 6.73. The van der Waals surface area contributed by atoms with Crippen LogP contribution >= 0.6 is 0 Å². The van der Waals surface area contributed by atoms with Gasteiger partial charge in [-0.15, -0.1) is 0 Å². The van der Waals surface area contributed by atoms with Gasteiger partial charge in [0.1, 0.15) is 5.69 Å². The van der Waals surface area contributed by atoms with Crippen molar-refractivity contribution in [3.05, 3.63) is 34.9 Å². The van der Waals surface area contributed by atoms with Gasteiger partial charge in [0, 0.05) is 31.9 Å². The van der Waals surface area contributed by atoms with Gasteiger partial charge < -0.3 is 0 Å². The number of Topliss-reactive ketones (excluding diaryl/α,β-unsaturated/α-hetero) is 1. The van der Waals surface area contributed by atoms with Gasteiger partial charge in [0.25, 0.3) is 0 Å². The molecule has 2 heterocycles. The van der Waals surface area contributed by atoms with Crippen molar-refractivity contribution in [1.29, 1.82) is 0 Å². The molecule has 5 nitrogen and oxygen atoms in total. The molecule has 0 fully saturated rings. The minimum absolute atomic E-state index is 0.141. The van der Waals surface area contributed by atoms with Crippen LogP contribution in [0.4, 0.5) is 0 Å². The fourth-order valence-corrected chi connectivity index (χ4v) is 2.37. The summed E-state index contributed by atoms with van der Waals surface area (Å²) in [4.78, 5) is 12.2. The van der Waals surface area contributed by atoms with Crippen LogP contribution < -0.4 is 0 Å². The molecule has 0 aliphatic heterocycles. The van der Waals surface area contributed by atoms with Gasteiger partial charge in [-0.3, -0.25) is 14.2 Å². The summed E-state index contributed by atoms with van der Waals surface area (Å²) in [6, 6.07) is 1.79.